The normalized spacial score (nSPS) is 9.67. The van der Waals surface area contributed by atoms with Crippen LogP contribution in [0.25, 0.3) is 0 Å². The molecule has 0 unspecified atom stereocenters. The molecule has 1 amide bonds. The van der Waals surface area contributed by atoms with E-state index < -0.39 is 5.97 Å². The predicted molar refractivity (Wildman–Crippen MR) is 55.8 cm³/mol. The number of nitrogen functional groups attached to an aromatic ring is 1. The van der Waals surface area contributed by atoms with Gasteiger partial charge in [0.2, 0.25) is 0 Å². The highest BCUT2D eigenvalue weighted by Gasteiger charge is 2.11. The first-order valence-electron chi connectivity index (χ1n) is 4.47. The number of hydrogen-bond acceptors (Lipinski definition) is 3. The number of nitrogens with one attached hydrogen (secondary N) is 1. The lowest BCUT2D eigenvalue weighted by atomic mass is 10.1. The molecule has 1 aromatic rings. The lowest BCUT2D eigenvalue weighted by molar-refractivity contribution is 0.0696. The van der Waals surface area contributed by atoms with Crippen molar-refractivity contribution in [3.63, 3.8) is 0 Å². The van der Waals surface area contributed by atoms with E-state index in [1.165, 1.54) is 18.2 Å². The molecular formula is C10H12N2O3. The monoisotopic (exact) mass is 208 g/mol. The van der Waals surface area contributed by atoms with Crippen molar-refractivity contribution >= 4 is 17.6 Å². The zero-order valence-electron chi connectivity index (χ0n) is 8.28. The number of carboxylic acid groups (broad SMARTS) is 1. The average Bonchev–Trinajstić information content (AvgIpc) is 2.17. The summed E-state index contributed by atoms with van der Waals surface area (Å²) in [6.07, 6.45) is 0. The van der Waals surface area contributed by atoms with Gasteiger partial charge in [0, 0.05) is 12.2 Å². The molecule has 80 valence electrons. The van der Waals surface area contributed by atoms with Crippen molar-refractivity contribution in [3.8, 4) is 0 Å². The number of carboxylic acids is 1. The predicted octanol–water partition coefficient (Wildman–Crippen LogP) is 0.717. The number of anilines is 1. The smallest absolute Gasteiger partial charge is 0.335 e. The minimum atomic E-state index is -1.07. The number of carbonyl (C=O) groups excluding carboxylic acids is 1. The van der Waals surface area contributed by atoms with Crippen molar-refractivity contribution < 1.29 is 14.7 Å². The Hall–Kier alpha value is -2.04. The highest BCUT2D eigenvalue weighted by molar-refractivity contribution is 6.00. The van der Waals surface area contributed by atoms with E-state index in [1.54, 1.807) is 6.92 Å². The fourth-order valence-electron chi connectivity index (χ4n) is 1.16. The summed E-state index contributed by atoms with van der Waals surface area (Å²) < 4.78 is 0. The minimum Gasteiger partial charge on any atom is -0.478 e. The first-order valence-corrected chi connectivity index (χ1v) is 4.47. The van der Waals surface area contributed by atoms with E-state index in [1.807, 2.05) is 0 Å². The fraction of sp³-hybridized carbons (Fsp3) is 0.200. The molecule has 4 N–H and O–H groups in total. The molecule has 5 nitrogen and oxygen atoms in total. The summed E-state index contributed by atoms with van der Waals surface area (Å²) in [6, 6.07) is 4.03. The van der Waals surface area contributed by atoms with Crippen molar-refractivity contribution in [2.75, 3.05) is 12.3 Å². The maximum absolute atomic E-state index is 11.4. The highest BCUT2D eigenvalue weighted by atomic mass is 16.4. The Labute approximate surface area is 86.9 Å². The van der Waals surface area contributed by atoms with E-state index in [4.69, 9.17) is 10.8 Å². The van der Waals surface area contributed by atoms with Gasteiger partial charge in [-0.15, -0.1) is 0 Å². The third kappa shape index (κ3) is 2.46. The van der Waals surface area contributed by atoms with Crippen molar-refractivity contribution in [2.24, 2.45) is 0 Å². The van der Waals surface area contributed by atoms with E-state index in [0.717, 1.165) is 0 Å². The molecule has 0 aliphatic heterocycles. The molecule has 0 saturated heterocycles. The second kappa shape index (κ2) is 4.45. The molecule has 0 spiro atoms. The topological polar surface area (TPSA) is 92.4 Å². The van der Waals surface area contributed by atoms with Gasteiger partial charge in [0.15, 0.2) is 0 Å². The molecule has 0 atom stereocenters. The van der Waals surface area contributed by atoms with Crippen LogP contribution in [0, 0.1) is 0 Å². The molecule has 0 radical (unpaired) electrons. The zero-order chi connectivity index (χ0) is 11.4. The Balaban J connectivity index is 3.03. The minimum absolute atomic E-state index is 0.0700. The summed E-state index contributed by atoms with van der Waals surface area (Å²) in [5.41, 5.74) is 6.10. The maximum Gasteiger partial charge on any atom is 0.335 e. The van der Waals surface area contributed by atoms with Crippen LogP contribution in [0.1, 0.15) is 27.6 Å². The Bertz CT molecular complexity index is 402. The van der Waals surface area contributed by atoms with Crippen LogP contribution in [0.15, 0.2) is 18.2 Å². The molecular weight excluding hydrogens is 196 g/mol. The van der Waals surface area contributed by atoms with Gasteiger partial charge in [-0.05, 0) is 25.1 Å². The Morgan fingerprint density at radius 1 is 1.47 bits per heavy atom. The van der Waals surface area contributed by atoms with Crippen LogP contribution >= 0.6 is 0 Å². The SMILES string of the molecule is CCNC(=O)c1ccc(C(=O)O)cc1N. The van der Waals surface area contributed by atoms with Gasteiger partial charge in [-0.25, -0.2) is 4.79 Å². The Kier molecular flexibility index (Phi) is 3.28. The molecule has 0 saturated carbocycles. The van der Waals surface area contributed by atoms with Gasteiger partial charge in [-0.2, -0.15) is 0 Å². The molecule has 1 rings (SSSR count). The highest BCUT2D eigenvalue weighted by Crippen LogP contribution is 2.14. The summed E-state index contributed by atoms with van der Waals surface area (Å²) in [5, 5.41) is 11.3. The quantitative estimate of drug-likeness (QED) is 0.638. The molecule has 0 bridgehead atoms. The zero-order valence-corrected chi connectivity index (χ0v) is 8.28. The Morgan fingerprint density at radius 3 is 2.60 bits per heavy atom. The van der Waals surface area contributed by atoms with Crippen LogP contribution in [-0.4, -0.2) is 23.5 Å². The standard InChI is InChI=1S/C10H12N2O3/c1-2-12-9(13)7-4-3-6(10(14)15)5-8(7)11/h3-5H,2,11H2,1H3,(H,12,13)(H,14,15). The van der Waals surface area contributed by atoms with Crippen molar-refractivity contribution in [2.45, 2.75) is 6.92 Å². The molecule has 0 fully saturated rings. The number of benzene rings is 1. The number of carbonyl (C=O) groups is 2. The number of aromatic carboxylic acids is 1. The molecule has 0 heterocycles. The summed E-state index contributed by atoms with van der Waals surface area (Å²) in [6.45, 7) is 2.29. The van der Waals surface area contributed by atoms with Crippen LogP contribution in [0.2, 0.25) is 0 Å². The van der Waals surface area contributed by atoms with E-state index in [9.17, 15) is 9.59 Å². The number of amides is 1. The van der Waals surface area contributed by atoms with Gasteiger partial charge in [-0.3, -0.25) is 4.79 Å². The van der Waals surface area contributed by atoms with Crippen molar-refractivity contribution in [1.29, 1.82) is 0 Å². The van der Waals surface area contributed by atoms with Crippen LogP contribution < -0.4 is 11.1 Å². The molecule has 5 heteroatoms. The molecule has 0 aromatic heterocycles. The van der Waals surface area contributed by atoms with Crippen LogP contribution in [-0.2, 0) is 0 Å². The van der Waals surface area contributed by atoms with Gasteiger partial charge >= 0.3 is 5.97 Å². The maximum atomic E-state index is 11.4. The third-order valence-corrected chi connectivity index (χ3v) is 1.88. The lowest BCUT2D eigenvalue weighted by Crippen LogP contribution is -2.23. The van der Waals surface area contributed by atoms with Crippen molar-refractivity contribution in [1.82, 2.24) is 5.32 Å². The van der Waals surface area contributed by atoms with Gasteiger partial charge < -0.3 is 16.2 Å². The summed E-state index contributed by atoms with van der Waals surface area (Å²) in [5.74, 6) is -1.36. The van der Waals surface area contributed by atoms with E-state index in [-0.39, 0.29) is 17.2 Å². The van der Waals surface area contributed by atoms with Gasteiger partial charge in [0.05, 0.1) is 11.1 Å². The largest absolute Gasteiger partial charge is 0.478 e. The van der Waals surface area contributed by atoms with Gasteiger partial charge in [0.1, 0.15) is 0 Å². The first kappa shape index (κ1) is 11.0. The summed E-state index contributed by atoms with van der Waals surface area (Å²) in [4.78, 5) is 22.0. The molecule has 0 aliphatic carbocycles. The van der Waals surface area contributed by atoms with Crippen LogP contribution in [0.3, 0.4) is 0 Å². The third-order valence-electron chi connectivity index (χ3n) is 1.88. The fourth-order valence-corrected chi connectivity index (χ4v) is 1.16. The second-order valence-electron chi connectivity index (χ2n) is 2.97. The first-order chi connectivity index (χ1) is 7.06. The summed E-state index contributed by atoms with van der Waals surface area (Å²) in [7, 11) is 0. The molecule has 0 aliphatic rings. The number of nitrogens with two attached hydrogens (primary N) is 1. The second-order valence-corrected chi connectivity index (χ2v) is 2.97. The Morgan fingerprint density at radius 2 is 2.13 bits per heavy atom. The van der Waals surface area contributed by atoms with Crippen molar-refractivity contribution in [3.05, 3.63) is 29.3 Å². The van der Waals surface area contributed by atoms with Crippen LogP contribution in [0.4, 0.5) is 5.69 Å². The number of hydrogen-bond donors (Lipinski definition) is 3. The van der Waals surface area contributed by atoms with E-state index in [0.29, 0.717) is 12.1 Å². The molecule has 15 heavy (non-hydrogen) atoms. The van der Waals surface area contributed by atoms with Gasteiger partial charge in [0.25, 0.3) is 5.91 Å². The van der Waals surface area contributed by atoms with Gasteiger partial charge in [-0.1, -0.05) is 0 Å². The van der Waals surface area contributed by atoms with E-state index in [2.05, 4.69) is 5.32 Å². The van der Waals surface area contributed by atoms with Crippen LogP contribution in [0.5, 0.6) is 0 Å². The van der Waals surface area contributed by atoms with E-state index >= 15 is 0 Å². The lowest BCUT2D eigenvalue weighted by Gasteiger charge is -2.06. The molecule has 1 aromatic carbocycles. The number of rotatable bonds is 3. The summed E-state index contributed by atoms with van der Waals surface area (Å²) >= 11 is 0. The average molecular weight is 208 g/mol.